The summed E-state index contributed by atoms with van der Waals surface area (Å²) >= 11 is 0. The Balaban J connectivity index is 0.000000250. The molecular weight excluding hydrogens is 1110 g/mol. The topological polar surface area (TPSA) is 280 Å². The predicted molar refractivity (Wildman–Crippen MR) is 336 cm³/mol. The van der Waals surface area contributed by atoms with Crippen LogP contribution in [0.3, 0.4) is 0 Å². The van der Waals surface area contributed by atoms with Crippen LogP contribution in [0, 0.1) is 11.8 Å². The van der Waals surface area contributed by atoms with Crippen molar-refractivity contribution in [2.24, 2.45) is 11.8 Å². The number of ether oxygens (including phenoxy) is 9. The number of aromatic nitrogens is 2. The number of hydrogen-bond donors (Lipinski definition) is 7. The highest BCUT2D eigenvalue weighted by molar-refractivity contribution is 6.01. The number of hydrogen-bond acceptors (Lipinski definition) is 19. The van der Waals surface area contributed by atoms with E-state index in [4.69, 9.17) is 54.1 Å². The molecule has 21 heteroatoms. The van der Waals surface area contributed by atoms with E-state index in [9.17, 15) is 19.5 Å². The maximum absolute atomic E-state index is 13.3. The van der Waals surface area contributed by atoms with Gasteiger partial charge in [0.15, 0.2) is 0 Å². The number of rotatable bonds is 26. The van der Waals surface area contributed by atoms with Gasteiger partial charge in [0.05, 0.1) is 62.2 Å². The summed E-state index contributed by atoms with van der Waals surface area (Å²) in [5.41, 5.74) is 16.6. The molecule has 87 heavy (non-hydrogen) atoms. The van der Waals surface area contributed by atoms with Crippen molar-refractivity contribution in [1.82, 2.24) is 20.6 Å². The number of nitrogens with one attached hydrogen (secondary N) is 4. The zero-order valence-electron chi connectivity index (χ0n) is 52.0. The molecule has 4 aromatic carbocycles. The fourth-order valence-electron chi connectivity index (χ4n) is 8.53. The Labute approximate surface area is 510 Å². The maximum Gasteiger partial charge on any atom is 0.407 e. The number of nitrogens with zero attached hydrogens (tertiary/aromatic N) is 2. The summed E-state index contributed by atoms with van der Waals surface area (Å²) in [4.78, 5) is 46.8. The Kier molecular flexibility index (Phi) is 22.6. The quantitative estimate of drug-likeness (QED) is 0.0151. The Morgan fingerprint density at radius 2 is 0.920 bits per heavy atom. The normalized spacial score (nSPS) is 13.0. The fourth-order valence-corrected chi connectivity index (χ4v) is 8.53. The van der Waals surface area contributed by atoms with Crippen LogP contribution < -0.4 is 61.2 Å². The standard InChI is InChI=1S/C35H46N4O7.C31H40N4O6/c1-34(2,3)45-32(40)30-25(37-17-18-38-33(41)46-35(4,5)6)19-26(39-31(30)36)29-27(43-20-22-11-12-22)9-8-10-28(29)44-21-23-13-15-24(42-7)16-14-23;1-31(2,3)41-30(37)34-15-14-33-24-16-25(35-29(32)23(24)17-36)28-26(39-18-20-8-9-20)6-5-7-27(28)40-19-21-10-12-22(38-4)13-11-21/h8-10,13-16,19,22H,11-12,17-18,20-21H2,1-7H3,(H,38,41)(H3,36,37,39);5-7,10-13,16,20,36H,8-9,14-15,17-19H2,1-4H3,(H,34,37)(H3,32,33,35). The van der Waals surface area contributed by atoms with Crippen molar-refractivity contribution in [3.8, 4) is 57.0 Å². The smallest absolute Gasteiger partial charge is 0.407 e. The Morgan fingerprint density at radius 1 is 0.529 bits per heavy atom. The van der Waals surface area contributed by atoms with Gasteiger partial charge >= 0.3 is 18.2 Å². The monoisotopic (exact) mass is 1200 g/mol. The van der Waals surface area contributed by atoms with Crippen molar-refractivity contribution < 1.29 is 62.1 Å². The molecule has 21 nitrogen and oxygen atoms in total. The van der Waals surface area contributed by atoms with E-state index in [1.54, 1.807) is 82.6 Å². The number of aliphatic hydroxyl groups excluding tert-OH is 1. The van der Waals surface area contributed by atoms with Crippen LogP contribution in [0.1, 0.15) is 115 Å². The number of carbonyl (C=O) groups is 3. The molecule has 2 amide bonds. The summed E-state index contributed by atoms with van der Waals surface area (Å²) < 4.78 is 51.9. The first-order chi connectivity index (χ1) is 41.4. The zero-order chi connectivity index (χ0) is 62.9. The van der Waals surface area contributed by atoms with Gasteiger partial charge in [-0.25, -0.2) is 24.4 Å². The summed E-state index contributed by atoms with van der Waals surface area (Å²) in [5, 5.41) is 22.0. The van der Waals surface area contributed by atoms with Gasteiger partial charge in [-0.15, -0.1) is 0 Å². The number of benzene rings is 4. The van der Waals surface area contributed by atoms with Gasteiger partial charge in [0.2, 0.25) is 0 Å². The molecule has 2 aromatic heterocycles. The number of aliphatic hydroxyl groups is 1. The third kappa shape index (κ3) is 21.0. The van der Waals surface area contributed by atoms with Crippen LogP contribution in [0.4, 0.5) is 32.6 Å². The second kappa shape index (κ2) is 30.0. The average Bonchev–Trinajstić information content (AvgIpc) is 2.19. The minimum atomic E-state index is -0.760. The molecule has 2 fully saturated rings. The lowest BCUT2D eigenvalue weighted by Crippen LogP contribution is -2.35. The third-order valence-corrected chi connectivity index (χ3v) is 13.1. The average molecular weight is 1200 g/mol. The molecule has 468 valence electrons. The summed E-state index contributed by atoms with van der Waals surface area (Å²) in [7, 11) is 3.25. The SMILES string of the molecule is COc1ccc(COc2cccc(OCC3CC3)c2-c2cc(NCCNC(=O)OC(C)(C)C)c(C(=O)OC(C)(C)C)c(N)n2)cc1.COc1ccc(COc2cccc(OCC3CC3)c2-c2cc(NCCNC(=O)OC(C)(C)C)c(CO)c(N)n2)cc1. The minimum absolute atomic E-state index is 0.0209. The lowest BCUT2D eigenvalue weighted by molar-refractivity contribution is 0.00707. The summed E-state index contributed by atoms with van der Waals surface area (Å²) in [5.74, 6) is 4.50. The number of carbonyl (C=O) groups excluding carboxylic acids is 3. The van der Waals surface area contributed by atoms with Crippen molar-refractivity contribution >= 4 is 41.2 Å². The van der Waals surface area contributed by atoms with Gasteiger partial charge in [-0.3, -0.25) is 0 Å². The lowest BCUT2D eigenvalue weighted by Gasteiger charge is -2.23. The number of methoxy groups -OCH3 is 2. The molecule has 0 atom stereocenters. The highest BCUT2D eigenvalue weighted by atomic mass is 16.6. The molecule has 6 aromatic rings. The van der Waals surface area contributed by atoms with Crippen molar-refractivity contribution in [3.63, 3.8) is 0 Å². The van der Waals surface area contributed by atoms with E-state index in [2.05, 4.69) is 31.2 Å². The predicted octanol–water partition coefficient (Wildman–Crippen LogP) is 11.7. The first-order valence-corrected chi connectivity index (χ1v) is 29.3. The second-order valence-corrected chi connectivity index (χ2v) is 24.1. The van der Waals surface area contributed by atoms with Crippen LogP contribution in [0.5, 0.6) is 34.5 Å². The van der Waals surface area contributed by atoms with E-state index in [0.29, 0.717) is 107 Å². The van der Waals surface area contributed by atoms with Crippen molar-refractivity contribution in [2.75, 3.05) is 75.7 Å². The van der Waals surface area contributed by atoms with Gasteiger partial charge in [0.1, 0.15) is 81.7 Å². The molecule has 2 aliphatic carbocycles. The van der Waals surface area contributed by atoms with Gasteiger partial charge in [0.25, 0.3) is 0 Å². The molecule has 2 saturated carbocycles. The van der Waals surface area contributed by atoms with E-state index < -0.39 is 35.0 Å². The number of alkyl carbamates (subject to hydrolysis) is 2. The van der Waals surface area contributed by atoms with Gasteiger partial charge in [-0.05, 0) is 172 Å². The van der Waals surface area contributed by atoms with Crippen molar-refractivity contribution in [2.45, 2.75) is 125 Å². The molecule has 2 aliphatic rings. The minimum Gasteiger partial charge on any atom is -0.497 e. The zero-order valence-corrected chi connectivity index (χ0v) is 52.0. The molecule has 0 radical (unpaired) electrons. The van der Waals surface area contributed by atoms with Gasteiger partial charge < -0.3 is 80.5 Å². The maximum atomic E-state index is 13.3. The number of esters is 1. The largest absolute Gasteiger partial charge is 0.497 e. The van der Waals surface area contributed by atoms with Gasteiger partial charge in [-0.1, -0.05) is 36.4 Å². The first-order valence-electron chi connectivity index (χ1n) is 29.3. The number of nitrogen functional groups attached to an aromatic ring is 2. The Morgan fingerprint density at radius 3 is 1.31 bits per heavy atom. The fraction of sp³-hybridized carbons (Fsp3) is 0.439. The molecule has 0 saturated heterocycles. The van der Waals surface area contributed by atoms with Crippen LogP contribution in [-0.4, -0.2) is 104 Å². The Bertz CT molecular complexity index is 3260. The Hall–Kier alpha value is -8.85. The lowest BCUT2D eigenvalue weighted by atomic mass is 10.0. The van der Waals surface area contributed by atoms with Crippen LogP contribution >= 0.6 is 0 Å². The molecular formula is C66H86N8O13. The second-order valence-electron chi connectivity index (χ2n) is 24.1. The van der Waals surface area contributed by atoms with Crippen molar-refractivity contribution in [1.29, 1.82) is 0 Å². The van der Waals surface area contributed by atoms with Gasteiger partial charge in [0, 0.05) is 37.4 Å². The number of anilines is 4. The summed E-state index contributed by atoms with van der Waals surface area (Å²) in [6.45, 7) is 18.8. The van der Waals surface area contributed by atoms with E-state index in [1.807, 2.05) is 91.0 Å². The third-order valence-electron chi connectivity index (χ3n) is 13.1. The molecule has 9 N–H and O–H groups in total. The molecule has 0 spiro atoms. The number of amides is 2. The van der Waals surface area contributed by atoms with E-state index in [-0.39, 0.29) is 43.5 Å². The highest BCUT2D eigenvalue weighted by Crippen LogP contribution is 2.44. The van der Waals surface area contributed by atoms with Crippen molar-refractivity contribution in [3.05, 3.63) is 119 Å². The first kappa shape index (κ1) is 65.7. The summed E-state index contributed by atoms with van der Waals surface area (Å²) in [6.07, 6.45) is 3.53. The van der Waals surface area contributed by atoms with Crippen LogP contribution in [-0.2, 0) is 34.0 Å². The molecule has 0 bridgehead atoms. The van der Waals surface area contributed by atoms with Crippen LogP contribution in [0.25, 0.3) is 22.5 Å². The number of pyridine rings is 2. The van der Waals surface area contributed by atoms with Crippen LogP contribution in [0.15, 0.2) is 97.1 Å². The van der Waals surface area contributed by atoms with E-state index in [0.717, 1.165) is 48.3 Å². The highest BCUT2D eigenvalue weighted by Gasteiger charge is 2.29. The molecule has 0 unspecified atom stereocenters. The van der Waals surface area contributed by atoms with E-state index in [1.165, 1.54) is 0 Å². The number of nitrogens with two attached hydrogens (primary N) is 2. The molecule has 2 heterocycles. The van der Waals surface area contributed by atoms with Gasteiger partial charge in [-0.2, -0.15) is 0 Å². The van der Waals surface area contributed by atoms with Crippen LogP contribution in [0.2, 0.25) is 0 Å². The molecule has 8 rings (SSSR count). The summed E-state index contributed by atoms with van der Waals surface area (Å²) in [6, 6.07) is 30.1. The molecule has 0 aliphatic heterocycles. The van der Waals surface area contributed by atoms with E-state index >= 15 is 0 Å².